The number of rotatable bonds is 11. The molecular formula is C19H27NO4. The van der Waals surface area contributed by atoms with Gasteiger partial charge in [0.15, 0.2) is 0 Å². The van der Waals surface area contributed by atoms with Crippen LogP contribution in [-0.2, 0) is 20.7 Å². The van der Waals surface area contributed by atoms with Crippen molar-refractivity contribution in [2.24, 2.45) is 11.7 Å². The van der Waals surface area contributed by atoms with Crippen molar-refractivity contribution in [3.63, 3.8) is 0 Å². The molecule has 132 valence electrons. The average molecular weight is 333 g/mol. The number of carbonyl (C=O) groups is 2. The number of hydrogen-bond donors (Lipinski definition) is 2. The van der Waals surface area contributed by atoms with Crippen LogP contribution >= 0.6 is 0 Å². The van der Waals surface area contributed by atoms with Gasteiger partial charge in [0.2, 0.25) is 0 Å². The van der Waals surface area contributed by atoms with Gasteiger partial charge in [0, 0.05) is 12.8 Å². The molecule has 0 spiro atoms. The highest BCUT2D eigenvalue weighted by Crippen LogP contribution is 2.16. The molecule has 1 rings (SSSR count). The van der Waals surface area contributed by atoms with E-state index in [0.717, 1.165) is 12.0 Å². The van der Waals surface area contributed by atoms with E-state index in [2.05, 4.69) is 6.58 Å². The van der Waals surface area contributed by atoms with Crippen molar-refractivity contribution < 1.29 is 19.4 Å². The van der Waals surface area contributed by atoms with Crippen LogP contribution < -0.4 is 5.73 Å². The zero-order valence-electron chi connectivity index (χ0n) is 14.2. The van der Waals surface area contributed by atoms with Crippen LogP contribution in [0.25, 0.3) is 0 Å². The first kappa shape index (κ1) is 19.9. The van der Waals surface area contributed by atoms with Gasteiger partial charge in [-0.2, -0.15) is 0 Å². The Labute approximate surface area is 143 Å². The zero-order chi connectivity index (χ0) is 17.9. The molecule has 0 radical (unpaired) electrons. The smallest absolute Gasteiger partial charge is 0.320 e. The van der Waals surface area contributed by atoms with Crippen LogP contribution in [0.15, 0.2) is 43.0 Å². The first-order valence-corrected chi connectivity index (χ1v) is 8.25. The number of aliphatic carboxylic acids is 1. The van der Waals surface area contributed by atoms with Crippen molar-refractivity contribution in [2.45, 2.75) is 51.2 Å². The van der Waals surface area contributed by atoms with E-state index >= 15 is 0 Å². The van der Waals surface area contributed by atoms with Crippen LogP contribution in [-0.4, -0.2) is 29.2 Å². The quantitative estimate of drug-likeness (QED) is 0.480. The molecule has 0 aromatic heterocycles. The predicted molar refractivity (Wildman–Crippen MR) is 93.5 cm³/mol. The van der Waals surface area contributed by atoms with Crippen LogP contribution in [0.1, 0.15) is 38.2 Å². The number of allylic oxidation sites excluding steroid dienone is 1. The van der Waals surface area contributed by atoms with E-state index in [9.17, 15) is 9.59 Å². The van der Waals surface area contributed by atoms with E-state index in [1.807, 2.05) is 30.3 Å². The molecule has 0 aliphatic carbocycles. The number of esters is 1. The molecule has 1 aromatic rings. The first-order chi connectivity index (χ1) is 11.4. The lowest BCUT2D eigenvalue weighted by molar-refractivity contribution is -0.151. The largest absolute Gasteiger partial charge is 0.480 e. The van der Waals surface area contributed by atoms with Crippen molar-refractivity contribution >= 4 is 11.9 Å². The van der Waals surface area contributed by atoms with Crippen molar-refractivity contribution in [1.82, 2.24) is 0 Å². The second-order valence-electron chi connectivity index (χ2n) is 6.16. The molecule has 1 aromatic carbocycles. The van der Waals surface area contributed by atoms with Crippen LogP contribution in [0.3, 0.4) is 0 Å². The Hall–Kier alpha value is -2.14. The lowest BCUT2D eigenvalue weighted by atomic mass is 9.99. The van der Waals surface area contributed by atoms with Crippen molar-refractivity contribution in [3.8, 4) is 0 Å². The molecule has 0 heterocycles. The maximum absolute atomic E-state index is 12.1. The number of ether oxygens (including phenoxy) is 1. The summed E-state index contributed by atoms with van der Waals surface area (Å²) in [4.78, 5) is 22.9. The van der Waals surface area contributed by atoms with Gasteiger partial charge in [-0.25, -0.2) is 0 Å². The normalized spacial score (nSPS) is 14.4. The highest BCUT2D eigenvalue weighted by Gasteiger charge is 2.20. The average Bonchev–Trinajstić information content (AvgIpc) is 2.53. The molecule has 3 atom stereocenters. The number of benzene rings is 1. The topological polar surface area (TPSA) is 89.6 Å². The second kappa shape index (κ2) is 10.6. The molecule has 0 fully saturated rings. The fraction of sp³-hybridized carbons (Fsp3) is 0.474. The van der Waals surface area contributed by atoms with E-state index in [1.165, 1.54) is 0 Å². The van der Waals surface area contributed by atoms with Gasteiger partial charge in [-0.1, -0.05) is 43.3 Å². The Morgan fingerprint density at radius 2 is 2.00 bits per heavy atom. The summed E-state index contributed by atoms with van der Waals surface area (Å²) in [6.07, 6.45) is 4.15. The lowest BCUT2D eigenvalue weighted by Crippen LogP contribution is -2.32. The van der Waals surface area contributed by atoms with Gasteiger partial charge in [0.25, 0.3) is 0 Å². The maximum Gasteiger partial charge on any atom is 0.320 e. The SMILES string of the molecule is C=CCCC(Cc1ccccc1)OC(=O)CC(C)C[C@H](N)C(=O)O. The summed E-state index contributed by atoms with van der Waals surface area (Å²) >= 11 is 0. The van der Waals surface area contributed by atoms with E-state index in [1.54, 1.807) is 13.0 Å². The second-order valence-corrected chi connectivity index (χ2v) is 6.16. The number of nitrogens with two attached hydrogens (primary N) is 1. The maximum atomic E-state index is 12.1. The molecule has 3 N–H and O–H groups in total. The Balaban J connectivity index is 2.53. The molecule has 0 aliphatic heterocycles. The molecule has 5 heteroatoms. The minimum Gasteiger partial charge on any atom is -0.480 e. The monoisotopic (exact) mass is 333 g/mol. The molecule has 0 aliphatic rings. The van der Waals surface area contributed by atoms with Gasteiger partial charge < -0.3 is 15.6 Å². The van der Waals surface area contributed by atoms with E-state index in [0.29, 0.717) is 12.8 Å². The van der Waals surface area contributed by atoms with Crippen LogP contribution in [0.5, 0.6) is 0 Å². The Morgan fingerprint density at radius 3 is 2.58 bits per heavy atom. The molecule has 0 saturated heterocycles. The third-order valence-corrected chi connectivity index (χ3v) is 3.79. The summed E-state index contributed by atoms with van der Waals surface area (Å²) in [6.45, 7) is 5.51. The van der Waals surface area contributed by atoms with Gasteiger partial charge in [-0.05, 0) is 30.7 Å². The van der Waals surface area contributed by atoms with Crippen molar-refractivity contribution in [3.05, 3.63) is 48.6 Å². The summed E-state index contributed by atoms with van der Waals surface area (Å²) in [5, 5.41) is 8.82. The van der Waals surface area contributed by atoms with Gasteiger partial charge in [0.1, 0.15) is 12.1 Å². The summed E-state index contributed by atoms with van der Waals surface area (Å²) in [5.41, 5.74) is 6.61. The molecule has 0 amide bonds. The van der Waals surface area contributed by atoms with Crippen molar-refractivity contribution in [2.75, 3.05) is 0 Å². The Bertz CT molecular complexity index is 529. The third-order valence-electron chi connectivity index (χ3n) is 3.79. The van der Waals surface area contributed by atoms with Gasteiger partial charge >= 0.3 is 11.9 Å². The molecule has 0 bridgehead atoms. The number of carboxylic acids is 1. The van der Waals surface area contributed by atoms with E-state index in [-0.39, 0.29) is 30.8 Å². The summed E-state index contributed by atoms with van der Waals surface area (Å²) < 4.78 is 5.59. The van der Waals surface area contributed by atoms with Gasteiger partial charge in [-0.15, -0.1) is 6.58 Å². The minimum atomic E-state index is -1.05. The molecule has 5 nitrogen and oxygen atoms in total. The Morgan fingerprint density at radius 1 is 1.33 bits per heavy atom. The lowest BCUT2D eigenvalue weighted by Gasteiger charge is -2.19. The van der Waals surface area contributed by atoms with Crippen LogP contribution in [0, 0.1) is 5.92 Å². The number of carbonyl (C=O) groups excluding carboxylic acids is 1. The Kier molecular flexibility index (Phi) is 8.79. The number of hydrogen-bond acceptors (Lipinski definition) is 4. The summed E-state index contributed by atoms with van der Waals surface area (Å²) in [7, 11) is 0. The zero-order valence-corrected chi connectivity index (χ0v) is 14.2. The van der Waals surface area contributed by atoms with Gasteiger partial charge in [0.05, 0.1) is 0 Å². The highest BCUT2D eigenvalue weighted by atomic mass is 16.5. The summed E-state index contributed by atoms with van der Waals surface area (Å²) in [6, 6.07) is 8.91. The summed E-state index contributed by atoms with van der Waals surface area (Å²) in [5.74, 6) is -1.51. The minimum absolute atomic E-state index is 0.139. The van der Waals surface area contributed by atoms with Crippen LogP contribution in [0.4, 0.5) is 0 Å². The fourth-order valence-corrected chi connectivity index (χ4v) is 2.52. The first-order valence-electron chi connectivity index (χ1n) is 8.25. The number of carboxylic acid groups (broad SMARTS) is 1. The fourth-order valence-electron chi connectivity index (χ4n) is 2.52. The molecular weight excluding hydrogens is 306 g/mol. The van der Waals surface area contributed by atoms with Crippen LogP contribution in [0.2, 0.25) is 0 Å². The molecule has 24 heavy (non-hydrogen) atoms. The van der Waals surface area contributed by atoms with Gasteiger partial charge in [-0.3, -0.25) is 9.59 Å². The standard InChI is InChI=1S/C19H27NO4/c1-3-4-10-16(13-15-8-6-5-7-9-15)24-18(21)12-14(2)11-17(20)19(22)23/h3,5-9,14,16-17H,1,4,10-13,20H2,2H3,(H,22,23)/t14?,16?,17-/m0/s1. The highest BCUT2D eigenvalue weighted by molar-refractivity contribution is 5.73. The van der Waals surface area contributed by atoms with E-state index < -0.39 is 12.0 Å². The molecule has 2 unspecified atom stereocenters. The molecule has 0 saturated carbocycles. The third kappa shape index (κ3) is 7.92. The van der Waals surface area contributed by atoms with E-state index in [4.69, 9.17) is 15.6 Å². The van der Waals surface area contributed by atoms with Crippen molar-refractivity contribution in [1.29, 1.82) is 0 Å². The predicted octanol–water partition coefficient (Wildman–Crippen LogP) is 2.94.